The first-order valence-corrected chi connectivity index (χ1v) is 7.37. The maximum Gasteiger partial charge on any atom is 0.222 e. The van der Waals surface area contributed by atoms with Crippen molar-refractivity contribution in [2.45, 2.75) is 19.8 Å². The second kappa shape index (κ2) is 7.21. The van der Waals surface area contributed by atoms with E-state index < -0.39 is 0 Å². The van der Waals surface area contributed by atoms with E-state index in [1.165, 1.54) is 4.88 Å². The lowest BCUT2D eigenvalue weighted by Gasteiger charge is -2.14. The molecule has 0 aliphatic heterocycles. The van der Waals surface area contributed by atoms with Crippen LogP contribution in [0.5, 0.6) is 0 Å². The van der Waals surface area contributed by atoms with Crippen LogP contribution in [0.25, 0.3) is 0 Å². The fourth-order valence-corrected chi connectivity index (χ4v) is 2.60. The summed E-state index contributed by atoms with van der Waals surface area (Å²) in [5.74, 6) is 0.815. The lowest BCUT2D eigenvalue weighted by molar-refractivity contribution is 0.233. The predicted molar refractivity (Wildman–Crippen MR) is 78.5 cm³/mol. The second-order valence-electron chi connectivity index (χ2n) is 4.48. The van der Waals surface area contributed by atoms with Gasteiger partial charge in [0.25, 0.3) is 0 Å². The van der Waals surface area contributed by atoms with Crippen molar-refractivity contribution in [2.24, 2.45) is 5.92 Å². The van der Waals surface area contributed by atoms with Gasteiger partial charge in [0.05, 0.1) is 0 Å². The predicted octanol–water partition coefficient (Wildman–Crippen LogP) is 2.36. The fraction of sp³-hybridized carbons (Fsp3) is 0.429. The molecule has 2 N–H and O–H groups in total. The number of aromatic nitrogens is 2. The Balaban J connectivity index is 1.84. The van der Waals surface area contributed by atoms with Crippen LogP contribution in [0.1, 0.15) is 17.4 Å². The molecule has 0 amide bonds. The topological polar surface area (TPSA) is 58.0 Å². The molecule has 19 heavy (non-hydrogen) atoms. The van der Waals surface area contributed by atoms with Crippen LogP contribution in [0.4, 0.5) is 5.95 Å². The quantitative estimate of drug-likeness (QED) is 0.815. The molecule has 0 saturated heterocycles. The average molecular weight is 277 g/mol. The molecular formula is C14H19N3OS. The van der Waals surface area contributed by atoms with Crippen molar-refractivity contribution >= 4 is 17.3 Å². The first kappa shape index (κ1) is 14.0. The molecule has 5 heteroatoms. The molecule has 102 valence electrons. The summed E-state index contributed by atoms with van der Waals surface area (Å²) in [6, 6.07) is 4.13. The van der Waals surface area contributed by atoms with E-state index in [1.807, 2.05) is 18.5 Å². The molecule has 0 aromatic carbocycles. The zero-order valence-electron chi connectivity index (χ0n) is 11.0. The van der Waals surface area contributed by atoms with Crippen molar-refractivity contribution in [3.05, 3.63) is 40.3 Å². The Labute approximate surface area is 117 Å². The number of nitrogens with zero attached hydrogens (tertiary/aromatic N) is 2. The Kier molecular flexibility index (Phi) is 5.30. The molecular weight excluding hydrogens is 258 g/mol. The highest BCUT2D eigenvalue weighted by Gasteiger charge is 2.10. The summed E-state index contributed by atoms with van der Waals surface area (Å²) in [5.41, 5.74) is 1.13. The number of thiophene rings is 1. The molecule has 0 unspecified atom stereocenters. The Morgan fingerprint density at radius 3 is 2.74 bits per heavy atom. The second-order valence-corrected chi connectivity index (χ2v) is 5.51. The minimum atomic E-state index is 0.165. The van der Waals surface area contributed by atoms with E-state index in [0.717, 1.165) is 18.4 Å². The highest BCUT2D eigenvalue weighted by molar-refractivity contribution is 7.09. The van der Waals surface area contributed by atoms with Crippen molar-refractivity contribution in [1.29, 1.82) is 0 Å². The van der Waals surface area contributed by atoms with Gasteiger partial charge in [-0.2, -0.15) is 0 Å². The van der Waals surface area contributed by atoms with Crippen LogP contribution in [0, 0.1) is 5.92 Å². The largest absolute Gasteiger partial charge is 0.396 e. The van der Waals surface area contributed by atoms with Gasteiger partial charge in [0.2, 0.25) is 5.95 Å². The van der Waals surface area contributed by atoms with Gasteiger partial charge in [0.15, 0.2) is 0 Å². The minimum Gasteiger partial charge on any atom is -0.396 e. The molecule has 0 spiro atoms. The highest BCUT2D eigenvalue weighted by atomic mass is 32.1. The normalized spacial score (nSPS) is 12.3. The third kappa shape index (κ3) is 4.29. The van der Waals surface area contributed by atoms with Crippen molar-refractivity contribution in [1.82, 2.24) is 9.97 Å². The van der Waals surface area contributed by atoms with E-state index in [1.54, 1.807) is 11.3 Å². The number of anilines is 1. The van der Waals surface area contributed by atoms with E-state index >= 15 is 0 Å². The summed E-state index contributed by atoms with van der Waals surface area (Å²) < 4.78 is 0. The third-order valence-corrected chi connectivity index (χ3v) is 3.89. The van der Waals surface area contributed by atoms with Crippen molar-refractivity contribution < 1.29 is 5.11 Å². The molecule has 0 aliphatic carbocycles. The number of nitrogens with one attached hydrogen (secondary N) is 1. The number of rotatable bonds is 7. The summed E-state index contributed by atoms with van der Waals surface area (Å²) in [5, 5.41) is 14.6. The number of aliphatic hydroxyl groups excluding tert-OH is 1. The van der Waals surface area contributed by atoms with Gasteiger partial charge in [-0.25, -0.2) is 9.97 Å². The first-order chi connectivity index (χ1) is 9.31. The zero-order valence-corrected chi connectivity index (χ0v) is 11.9. The standard InChI is InChI=1S/C14H19N3OS/c1-2-11-7-15-14(16-8-11)17-9-12(10-18)6-13-4-3-5-19-13/h3-5,7-8,12,18H,2,6,9-10H2,1H3,(H,15,16,17)/t12-/m0/s1. The summed E-state index contributed by atoms with van der Waals surface area (Å²) in [6.45, 7) is 2.92. The Morgan fingerprint density at radius 1 is 1.37 bits per heavy atom. The maximum absolute atomic E-state index is 9.41. The molecule has 2 heterocycles. The first-order valence-electron chi connectivity index (χ1n) is 6.49. The van der Waals surface area contributed by atoms with Crippen LogP contribution in [-0.4, -0.2) is 28.2 Å². The van der Waals surface area contributed by atoms with Gasteiger partial charge in [-0.3, -0.25) is 0 Å². The van der Waals surface area contributed by atoms with E-state index in [-0.39, 0.29) is 12.5 Å². The van der Waals surface area contributed by atoms with E-state index in [9.17, 15) is 5.11 Å². The monoisotopic (exact) mass is 277 g/mol. The van der Waals surface area contributed by atoms with Crippen molar-refractivity contribution in [2.75, 3.05) is 18.5 Å². The van der Waals surface area contributed by atoms with Gasteiger partial charge in [-0.05, 0) is 29.9 Å². The molecule has 2 aromatic rings. The lowest BCUT2D eigenvalue weighted by atomic mass is 10.1. The number of aliphatic hydroxyl groups is 1. The Hall–Kier alpha value is -1.46. The molecule has 4 nitrogen and oxygen atoms in total. The summed E-state index contributed by atoms with van der Waals surface area (Å²) in [4.78, 5) is 9.80. The molecule has 2 rings (SSSR count). The number of hydrogen-bond donors (Lipinski definition) is 2. The van der Waals surface area contributed by atoms with Crippen LogP contribution in [-0.2, 0) is 12.8 Å². The zero-order chi connectivity index (χ0) is 13.5. The molecule has 0 aliphatic rings. The van der Waals surface area contributed by atoms with Gasteiger partial charge < -0.3 is 10.4 Å². The molecule has 1 atom stereocenters. The number of aryl methyl sites for hydroxylation is 1. The number of hydrogen-bond acceptors (Lipinski definition) is 5. The van der Waals surface area contributed by atoms with E-state index in [4.69, 9.17) is 0 Å². The van der Waals surface area contributed by atoms with Crippen LogP contribution in [0.3, 0.4) is 0 Å². The minimum absolute atomic E-state index is 0.165. The summed E-state index contributed by atoms with van der Waals surface area (Å²) in [6.07, 6.45) is 5.50. The summed E-state index contributed by atoms with van der Waals surface area (Å²) in [7, 11) is 0. The van der Waals surface area contributed by atoms with Crippen molar-refractivity contribution in [3.8, 4) is 0 Å². The molecule has 2 aromatic heterocycles. The molecule has 0 fully saturated rings. The average Bonchev–Trinajstić information content (AvgIpc) is 2.97. The maximum atomic E-state index is 9.41. The molecule has 0 bridgehead atoms. The van der Waals surface area contributed by atoms with E-state index in [2.05, 4.69) is 33.7 Å². The Bertz CT molecular complexity index is 470. The van der Waals surface area contributed by atoms with Crippen LogP contribution < -0.4 is 5.32 Å². The third-order valence-electron chi connectivity index (χ3n) is 2.99. The van der Waals surface area contributed by atoms with Crippen LogP contribution >= 0.6 is 11.3 Å². The lowest BCUT2D eigenvalue weighted by Crippen LogP contribution is -2.20. The van der Waals surface area contributed by atoms with Crippen LogP contribution in [0.15, 0.2) is 29.9 Å². The van der Waals surface area contributed by atoms with Gasteiger partial charge >= 0.3 is 0 Å². The van der Waals surface area contributed by atoms with E-state index in [0.29, 0.717) is 12.5 Å². The summed E-state index contributed by atoms with van der Waals surface area (Å²) >= 11 is 1.72. The smallest absolute Gasteiger partial charge is 0.222 e. The van der Waals surface area contributed by atoms with Gasteiger partial charge in [-0.15, -0.1) is 11.3 Å². The van der Waals surface area contributed by atoms with Gasteiger partial charge in [0, 0.05) is 36.3 Å². The Morgan fingerprint density at radius 2 is 2.16 bits per heavy atom. The van der Waals surface area contributed by atoms with Gasteiger partial charge in [-0.1, -0.05) is 13.0 Å². The SMILES string of the molecule is CCc1cnc(NC[C@@H](CO)Cc2cccs2)nc1. The highest BCUT2D eigenvalue weighted by Crippen LogP contribution is 2.14. The van der Waals surface area contributed by atoms with Gasteiger partial charge in [0.1, 0.15) is 0 Å². The fourth-order valence-electron chi connectivity index (χ4n) is 1.78. The molecule has 0 saturated carbocycles. The van der Waals surface area contributed by atoms with Crippen LogP contribution in [0.2, 0.25) is 0 Å². The molecule has 0 radical (unpaired) electrons. The van der Waals surface area contributed by atoms with Crippen molar-refractivity contribution in [3.63, 3.8) is 0 Å².